The van der Waals surface area contributed by atoms with Crippen LogP contribution in [0.5, 0.6) is 0 Å². The minimum absolute atomic E-state index is 0.316. The highest BCUT2D eigenvalue weighted by molar-refractivity contribution is 4.86. The van der Waals surface area contributed by atoms with Crippen LogP contribution in [0.25, 0.3) is 0 Å². The summed E-state index contributed by atoms with van der Waals surface area (Å²) in [5.41, 5.74) is 1.00. The van der Waals surface area contributed by atoms with Gasteiger partial charge in [0.15, 0.2) is 0 Å². The Morgan fingerprint density at radius 3 is 2.55 bits per heavy atom. The second kappa shape index (κ2) is 7.72. The van der Waals surface area contributed by atoms with Gasteiger partial charge in [-0.3, -0.25) is 0 Å². The zero-order valence-electron chi connectivity index (χ0n) is 7.26. The van der Waals surface area contributed by atoms with Gasteiger partial charge >= 0.3 is 0 Å². The van der Waals surface area contributed by atoms with Crippen molar-refractivity contribution in [1.29, 1.82) is 0 Å². The van der Waals surface area contributed by atoms with E-state index < -0.39 is 0 Å². The van der Waals surface area contributed by atoms with Crippen molar-refractivity contribution in [1.82, 2.24) is 0 Å². The summed E-state index contributed by atoms with van der Waals surface area (Å²) in [4.78, 5) is 0. The smallest absolute Gasteiger partial charge is 0.147 e. The van der Waals surface area contributed by atoms with Gasteiger partial charge in [-0.05, 0) is 6.92 Å². The van der Waals surface area contributed by atoms with E-state index >= 15 is 0 Å². The molecule has 0 amide bonds. The van der Waals surface area contributed by atoms with E-state index in [9.17, 15) is 0 Å². The van der Waals surface area contributed by atoms with Gasteiger partial charge in [-0.2, -0.15) is 0 Å². The number of methoxy groups -OCH3 is 1. The zero-order valence-corrected chi connectivity index (χ0v) is 7.26. The molecule has 0 aromatic carbocycles. The fourth-order valence-corrected chi connectivity index (χ4v) is 0.476. The van der Waals surface area contributed by atoms with Crippen molar-refractivity contribution in [3.8, 4) is 0 Å². The molecule has 0 aromatic heterocycles. The number of hydrogen-bond donors (Lipinski definition) is 0. The highest BCUT2D eigenvalue weighted by Gasteiger charge is 1.87. The van der Waals surface area contributed by atoms with Gasteiger partial charge in [0.25, 0.3) is 0 Å². The first-order valence-electron chi connectivity index (χ1n) is 3.56. The molecule has 0 aliphatic heterocycles. The molecule has 3 nitrogen and oxygen atoms in total. The molecule has 0 aromatic rings. The van der Waals surface area contributed by atoms with Gasteiger partial charge in [0.2, 0.25) is 0 Å². The quantitative estimate of drug-likeness (QED) is 0.318. The summed E-state index contributed by atoms with van der Waals surface area (Å²) in [5.74, 6) is 0. The van der Waals surface area contributed by atoms with E-state index in [0.29, 0.717) is 26.6 Å². The fourth-order valence-electron chi connectivity index (χ4n) is 0.476. The van der Waals surface area contributed by atoms with Crippen LogP contribution in [0.4, 0.5) is 0 Å². The first-order chi connectivity index (χ1) is 5.27. The molecule has 3 heteroatoms. The molecular weight excluding hydrogens is 144 g/mol. The van der Waals surface area contributed by atoms with E-state index in [4.69, 9.17) is 14.2 Å². The highest BCUT2D eigenvalue weighted by Crippen LogP contribution is 1.87. The average molecular weight is 160 g/mol. The molecule has 11 heavy (non-hydrogen) atoms. The van der Waals surface area contributed by atoms with E-state index in [2.05, 4.69) is 6.58 Å². The van der Waals surface area contributed by atoms with Crippen molar-refractivity contribution in [2.24, 2.45) is 0 Å². The maximum atomic E-state index is 5.06. The van der Waals surface area contributed by atoms with Gasteiger partial charge in [0.1, 0.15) is 6.79 Å². The Kier molecular flexibility index (Phi) is 7.46. The predicted molar refractivity (Wildman–Crippen MR) is 43.5 cm³/mol. The number of ether oxygens (including phenoxy) is 3. The van der Waals surface area contributed by atoms with Crippen molar-refractivity contribution < 1.29 is 14.2 Å². The van der Waals surface area contributed by atoms with Crippen LogP contribution in [0.1, 0.15) is 6.92 Å². The maximum Gasteiger partial charge on any atom is 0.147 e. The van der Waals surface area contributed by atoms with Crippen molar-refractivity contribution in [2.45, 2.75) is 6.92 Å². The Bertz CT molecular complexity index is 102. The molecule has 0 aliphatic carbocycles. The van der Waals surface area contributed by atoms with Crippen molar-refractivity contribution >= 4 is 0 Å². The summed E-state index contributed by atoms with van der Waals surface area (Å²) < 4.78 is 14.9. The molecule has 0 fully saturated rings. The van der Waals surface area contributed by atoms with Crippen LogP contribution in [-0.4, -0.2) is 33.7 Å². The molecule has 0 N–H and O–H groups in total. The molecule has 66 valence electrons. The fraction of sp³-hybridized carbons (Fsp3) is 0.750. The summed E-state index contributed by atoms with van der Waals surface area (Å²) in [7, 11) is 1.64. The van der Waals surface area contributed by atoms with Gasteiger partial charge in [-0.1, -0.05) is 12.2 Å². The lowest BCUT2D eigenvalue weighted by Crippen LogP contribution is -2.06. The lowest BCUT2D eigenvalue weighted by atomic mass is 10.4. The largest absolute Gasteiger partial charge is 0.382 e. The average Bonchev–Trinajstić information content (AvgIpc) is 1.96. The van der Waals surface area contributed by atoms with Gasteiger partial charge in [0.05, 0.1) is 19.8 Å². The summed E-state index contributed by atoms with van der Waals surface area (Å²) >= 11 is 0. The monoisotopic (exact) mass is 160 g/mol. The molecular formula is C8H16O3. The molecule has 0 radical (unpaired) electrons. The van der Waals surface area contributed by atoms with Crippen LogP contribution in [0, 0.1) is 0 Å². The molecule has 0 saturated carbocycles. The maximum absolute atomic E-state index is 5.06. The Labute approximate surface area is 67.9 Å². The van der Waals surface area contributed by atoms with E-state index in [1.165, 1.54) is 0 Å². The van der Waals surface area contributed by atoms with Crippen molar-refractivity contribution in [3.63, 3.8) is 0 Å². The zero-order chi connectivity index (χ0) is 8.53. The topological polar surface area (TPSA) is 27.7 Å². The van der Waals surface area contributed by atoms with E-state index in [0.717, 1.165) is 5.57 Å². The lowest BCUT2D eigenvalue weighted by Gasteiger charge is -2.04. The van der Waals surface area contributed by atoms with E-state index in [1.807, 2.05) is 6.92 Å². The normalized spacial score (nSPS) is 10.0. The lowest BCUT2D eigenvalue weighted by molar-refractivity contribution is -0.0588. The van der Waals surface area contributed by atoms with E-state index in [-0.39, 0.29) is 0 Å². The minimum atomic E-state index is 0.316. The summed E-state index contributed by atoms with van der Waals surface area (Å²) in [6.07, 6.45) is 0. The SMILES string of the molecule is C=C(C)COCOCCOC. The van der Waals surface area contributed by atoms with Crippen molar-refractivity contribution in [2.75, 3.05) is 33.7 Å². The highest BCUT2D eigenvalue weighted by atomic mass is 16.7. The van der Waals surface area contributed by atoms with Crippen LogP contribution >= 0.6 is 0 Å². The van der Waals surface area contributed by atoms with Crippen LogP contribution in [0.2, 0.25) is 0 Å². The van der Waals surface area contributed by atoms with Crippen LogP contribution in [0.15, 0.2) is 12.2 Å². The van der Waals surface area contributed by atoms with Gasteiger partial charge in [-0.25, -0.2) is 0 Å². The Balaban J connectivity index is 2.85. The van der Waals surface area contributed by atoms with Gasteiger partial charge in [0, 0.05) is 7.11 Å². The first kappa shape index (κ1) is 10.6. The molecule has 0 spiro atoms. The molecule has 0 unspecified atom stereocenters. The van der Waals surface area contributed by atoms with Crippen LogP contribution < -0.4 is 0 Å². The Morgan fingerprint density at radius 2 is 2.00 bits per heavy atom. The molecule has 0 atom stereocenters. The van der Waals surface area contributed by atoms with Gasteiger partial charge < -0.3 is 14.2 Å². The Hall–Kier alpha value is -0.380. The van der Waals surface area contributed by atoms with Gasteiger partial charge in [-0.15, -0.1) is 0 Å². The predicted octanol–water partition coefficient (Wildman–Crippen LogP) is 1.20. The summed E-state index contributed by atoms with van der Waals surface area (Å²) in [6, 6.07) is 0. The number of rotatable bonds is 7. The summed E-state index contributed by atoms with van der Waals surface area (Å²) in [5, 5.41) is 0. The molecule has 0 bridgehead atoms. The molecule has 0 rings (SSSR count). The Morgan fingerprint density at radius 1 is 1.27 bits per heavy atom. The second-order valence-electron chi connectivity index (χ2n) is 2.32. The number of hydrogen-bond acceptors (Lipinski definition) is 3. The standard InChI is InChI=1S/C8H16O3/c1-8(2)6-11-7-10-5-4-9-3/h1,4-7H2,2-3H3. The molecule has 0 heterocycles. The summed E-state index contributed by atoms with van der Waals surface area (Å²) in [6.45, 7) is 7.66. The van der Waals surface area contributed by atoms with Crippen LogP contribution in [0.3, 0.4) is 0 Å². The molecule has 0 saturated heterocycles. The second-order valence-corrected chi connectivity index (χ2v) is 2.32. The van der Waals surface area contributed by atoms with Crippen molar-refractivity contribution in [3.05, 3.63) is 12.2 Å². The first-order valence-corrected chi connectivity index (χ1v) is 3.56. The third-order valence-corrected chi connectivity index (χ3v) is 0.947. The van der Waals surface area contributed by atoms with Crippen LogP contribution in [-0.2, 0) is 14.2 Å². The third kappa shape index (κ3) is 9.62. The molecule has 0 aliphatic rings. The van der Waals surface area contributed by atoms with E-state index in [1.54, 1.807) is 7.11 Å². The third-order valence-electron chi connectivity index (χ3n) is 0.947. The minimum Gasteiger partial charge on any atom is -0.382 e.